The van der Waals surface area contributed by atoms with Crippen molar-refractivity contribution >= 4 is 30.0 Å². The van der Waals surface area contributed by atoms with Crippen LogP contribution in [0.15, 0.2) is 30.8 Å². The zero-order valence-electron chi connectivity index (χ0n) is 24.1. The Kier molecular flexibility index (Phi) is 13.0. The van der Waals surface area contributed by atoms with E-state index in [2.05, 4.69) is 17.2 Å². The van der Waals surface area contributed by atoms with Crippen LogP contribution in [0.4, 0.5) is 4.79 Å². The van der Waals surface area contributed by atoms with E-state index in [9.17, 15) is 19.2 Å². The first kappa shape index (κ1) is 32.7. The van der Waals surface area contributed by atoms with Crippen molar-refractivity contribution in [2.24, 2.45) is 5.92 Å². The molecule has 0 saturated carbocycles. The molecule has 0 heterocycles. The van der Waals surface area contributed by atoms with E-state index in [1.807, 2.05) is 33.8 Å². The van der Waals surface area contributed by atoms with Crippen molar-refractivity contribution in [1.29, 1.82) is 0 Å². The lowest BCUT2D eigenvalue weighted by molar-refractivity contribution is -0.146. The molecule has 0 radical (unpaired) electrons. The molecule has 0 fully saturated rings. The van der Waals surface area contributed by atoms with Gasteiger partial charge in [0.25, 0.3) is 0 Å². The number of benzene rings is 1. The fourth-order valence-electron chi connectivity index (χ4n) is 3.82. The molecule has 9 nitrogen and oxygen atoms in total. The Hall–Kier alpha value is -3.36. The first-order chi connectivity index (χ1) is 17.7. The number of carbonyl (C=O) groups excluding carboxylic acids is 4. The third-order valence-electron chi connectivity index (χ3n) is 5.85. The van der Waals surface area contributed by atoms with E-state index in [0.29, 0.717) is 12.0 Å². The summed E-state index contributed by atoms with van der Waals surface area (Å²) in [6, 6.07) is 4.93. The van der Waals surface area contributed by atoms with Crippen LogP contribution in [0.1, 0.15) is 85.4 Å². The SMILES string of the molecule is C=Cc1cccc(C(C(=O)NCCC(=O)OCC)N(C(=O)C(NC(=O)OC(C)(C)C)C(C)C)C(C)CC)c1. The summed E-state index contributed by atoms with van der Waals surface area (Å²) in [6.07, 6.45) is 1.52. The Bertz CT molecular complexity index is 969. The third kappa shape index (κ3) is 10.2. The fourth-order valence-corrected chi connectivity index (χ4v) is 3.82. The smallest absolute Gasteiger partial charge is 0.408 e. The molecule has 3 amide bonds. The molecule has 3 unspecified atom stereocenters. The van der Waals surface area contributed by atoms with E-state index in [1.165, 1.54) is 4.90 Å². The minimum absolute atomic E-state index is 0.00505. The summed E-state index contributed by atoms with van der Waals surface area (Å²) in [5, 5.41) is 5.50. The van der Waals surface area contributed by atoms with Crippen LogP contribution in [0.2, 0.25) is 0 Å². The normalized spacial score (nSPS) is 13.6. The lowest BCUT2D eigenvalue weighted by Gasteiger charge is -2.39. The van der Waals surface area contributed by atoms with Crippen LogP contribution in [-0.2, 0) is 23.9 Å². The van der Waals surface area contributed by atoms with Crippen LogP contribution in [0.25, 0.3) is 6.08 Å². The van der Waals surface area contributed by atoms with E-state index in [0.717, 1.165) is 5.56 Å². The van der Waals surface area contributed by atoms with Crippen LogP contribution in [-0.4, -0.2) is 59.6 Å². The van der Waals surface area contributed by atoms with Gasteiger partial charge in [-0.15, -0.1) is 0 Å². The van der Waals surface area contributed by atoms with Gasteiger partial charge in [-0.2, -0.15) is 0 Å². The lowest BCUT2D eigenvalue weighted by atomic mass is 9.95. The molecule has 1 aromatic carbocycles. The van der Waals surface area contributed by atoms with Gasteiger partial charge in [-0.05, 0) is 64.2 Å². The highest BCUT2D eigenvalue weighted by Gasteiger charge is 2.39. The second-order valence-electron chi connectivity index (χ2n) is 10.5. The van der Waals surface area contributed by atoms with Gasteiger partial charge in [0, 0.05) is 12.6 Å². The van der Waals surface area contributed by atoms with Gasteiger partial charge >= 0.3 is 12.1 Å². The van der Waals surface area contributed by atoms with E-state index in [-0.39, 0.29) is 31.5 Å². The van der Waals surface area contributed by atoms with Crippen molar-refractivity contribution in [2.45, 2.75) is 92.0 Å². The molecule has 38 heavy (non-hydrogen) atoms. The molecule has 0 spiro atoms. The highest BCUT2D eigenvalue weighted by molar-refractivity contribution is 5.92. The molecule has 0 bridgehead atoms. The fraction of sp³-hybridized carbons (Fsp3) is 0.586. The number of rotatable bonds is 13. The lowest BCUT2D eigenvalue weighted by Crippen LogP contribution is -2.57. The number of hydrogen-bond donors (Lipinski definition) is 2. The summed E-state index contributed by atoms with van der Waals surface area (Å²) in [5.41, 5.74) is 0.637. The van der Waals surface area contributed by atoms with Crippen molar-refractivity contribution in [3.05, 3.63) is 42.0 Å². The predicted molar refractivity (Wildman–Crippen MR) is 148 cm³/mol. The summed E-state index contributed by atoms with van der Waals surface area (Å²) < 4.78 is 10.4. The number of esters is 1. The zero-order valence-corrected chi connectivity index (χ0v) is 24.1. The average molecular weight is 532 g/mol. The predicted octanol–water partition coefficient (Wildman–Crippen LogP) is 4.62. The van der Waals surface area contributed by atoms with Crippen molar-refractivity contribution < 1.29 is 28.7 Å². The number of alkyl carbamates (subject to hydrolysis) is 1. The Morgan fingerprint density at radius 2 is 1.76 bits per heavy atom. The van der Waals surface area contributed by atoms with Gasteiger partial charge in [0.2, 0.25) is 11.8 Å². The standard InChI is InChI=1S/C29H45N3O6/c1-10-20(6)32(27(35)24(19(4)5)31-28(36)38-29(7,8)9)25(22-15-13-14-21(11-2)18-22)26(34)30-17-16-23(33)37-12-3/h11,13-15,18-20,24-25H,2,10,12,16-17H2,1,3-9H3,(H,30,34)(H,31,36). The topological polar surface area (TPSA) is 114 Å². The monoisotopic (exact) mass is 531 g/mol. The Morgan fingerprint density at radius 1 is 1.11 bits per heavy atom. The second kappa shape index (κ2) is 15.1. The quantitative estimate of drug-likeness (QED) is 0.359. The zero-order chi connectivity index (χ0) is 29.0. The summed E-state index contributed by atoms with van der Waals surface area (Å²) in [4.78, 5) is 53.7. The van der Waals surface area contributed by atoms with E-state index < -0.39 is 41.6 Å². The van der Waals surface area contributed by atoms with Crippen molar-refractivity contribution in [3.8, 4) is 0 Å². The average Bonchev–Trinajstić information content (AvgIpc) is 2.83. The minimum Gasteiger partial charge on any atom is -0.466 e. The number of nitrogens with one attached hydrogen (secondary N) is 2. The van der Waals surface area contributed by atoms with Crippen molar-refractivity contribution in [1.82, 2.24) is 15.5 Å². The molecule has 0 saturated heterocycles. The molecule has 1 aromatic rings. The van der Waals surface area contributed by atoms with Gasteiger partial charge in [-0.1, -0.05) is 51.6 Å². The molecule has 0 aliphatic rings. The van der Waals surface area contributed by atoms with Crippen LogP contribution in [0.3, 0.4) is 0 Å². The van der Waals surface area contributed by atoms with Gasteiger partial charge < -0.3 is 25.0 Å². The first-order valence-corrected chi connectivity index (χ1v) is 13.2. The molecule has 9 heteroatoms. The van der Waals surface area contributed by atoms with Gasteiger partial charge in [-0.25, -0.2) is 4.79 Å². The number of hydrogen-bond acceptors (Lipinski definition) is 6. The summed E-state index contributed by atoms with van der Waals surface area (Å²) in [5.74, 6) is -1.55. The molecule has 1 rings (SSSR count). The molecule has 0 aromatic heterocycles. The highest BCUT2D eigenvalue weighted by Crippen LogP contribution is 2.28. The molecule has 2 N–H and O–H groups in total. The Labute approximate surface area is 227 Å². The second-order valence-corrected chi connectivity index (χ2v) is 10.5. The molecule has 0 aliphatic heterocycles. The van der Waals surface area contributed by atoms with Crippen molar-refractivity contribution in [2.75, 3.05) is 13.2 Å². The largest absolute Gasteiger partial charge is 0.466 e. The van der Waals surface area contributed by atoms with Gasteiger partial charge in [-0.3, -0.25) is 14.4 Å². The summed E-state index contributed by atoms with van der Waals surface area (Å²) in [7, 11) is 0. The maximum absolute atomic E-state index is 14.1. The van der Waals surface area contributed by atoms with Crippen molar-refractivity contribution in [3.63, 3.8) is 0 Å². The van der Waals surface area contributed by atoms with E-state index in [1.54, 1.807) is 52.0 Å². The number of carbonyl (C=O) groups is 4. The van der Waals surface area contributed by atoms with Crippen LogP contribution in [0, 0.1) is 5.92 Å². The van der Waals surface area contributed by atoms with Gasteiger partial charge in [0.1, 0.15) is 17.7 Å². The van der Waals surface area contributed by atoms with Crippen LogP contribution >= 0.6 is 0 Å². The minimum atomic E-state index is -1.01. The molecular weight excluding hydrogens is 486 g/mol. The number of amides is 3. The maximum Gasteiger partial charge on any atom is 0.408 e. The Balaban J connectivity index is 3.48. The number of nitrogens with zero attached hydrogens (tertiary/aromatic N) is 1. The Morgan fingerprint density at radius 3 is 2.29 bits per heavy atom. The first-order valence-electron chi connectivity index (χ1n) is 13.2. The van der Waals surface area contributed by atoms with E-state index >= 15 is 0 Å². The molecular formula is C29H45N3O6. The molecule has 212 valence electrons. The maximum atomic E-state index is 14.1. The van der Waals surface area contributed by atoms with Crippen LogP contribution < -0.4 is 10.6 Å². The summed E-state index contributed by atoms with van der Waals surface area (Å²) >= 11 is 0. The highest BCUT2D eigenvalue weighted by atomic mass is 16.6. The van der Waals surface area contributed by atoms with Crippen LogP contribution in [0.5, 0.6) is 0 Å². The number of ether oxygens (including phenoxy) is 2. The summed E-state index contributed by atoms with van der Waals surface area (Å²) in [6.45, 7) is 18.5. The molecule has 3 atom stereocenters. The van der Waals surface area contributed by atoms with Gasteiger partial charge in [0.05, 0.1) is 13.0 Å². The third-order valence-corrected chi connectivity index (χ3v) is 5.85. The van der Waals surface area contributed by atoms with E-state index in [4.69, 9.17) is 9.47 Å². The van der Waals surface area contributed by atoms with Gasteiger partial charge in [0.15, 0.2) is 0 Å². The molecule has 0 aliphatic carbocycles.